The van der Waals surface area contributed by atoms with Gasteiger partial charge in [-0.1, -0.05) is 294 Å². The van der Waals surface area contributed by atoms with Crippen molar-refractivity contribution in [3.05, 3.63) is 36.5 Å². The second-order valence-electron chi connectivity index (χ2n) is 22.8. The Morgan fingerprint density at radius 2 is 0.778 bits per heavy atom. The van der Waals surface area contributed by atoms with Crippen molar-refractivity contribution in [1.29, 1.82) is 0 Å². The van der Waals surface area contributed by atoms with Gasteiger partial charge in [0.1, 0.15) is 13.2 Å². The van der Waals surface area contributed by atoms with Crippen LogP contribution >= 0.6 is 7.82 Å². The fraction of sp³-hybridized carbons (Fsp3) is 0.889. The molecule has 8 nitrogen and oxygen atoms in total. The van der Waals surface area contributed by atoms with Gasteiger partial charge in [-0.15, -0.1) is 0 Å². The third-order valence-electron chi connectivity index (χ3n) is 14.3. The summed E-state index contributed by atoms with van der Waals surface area (Å²) in [5.41, 5.74) is 0. The summed E-state index contributed by atoms with van der Waals surface area (Å²) < 4.78 is 23.4. The van der Waals surface area contributed by atoms with Crippen LogP contribution in [0.2, 0.25) is 0 Å². The first-order valence-corrected chi connectivity index (χ1v) is 32.8. The van der Waals surface area contributed by atoms with Gasteiger partial charge in [0.05, 0.1) is 39.9 Å². The first-order chi connectivity index (χ1) is 35.0. The second kappa shape index (κ2) is 54.5. The van der Waals surface area contributed by atoms with Crippen molar-refractivity contribution in [1.82, 2.24) is 5.32 Å². The number of unbranched alkanes of at least 4 members (excludes halogenated alkanes) is 41. The molecule has 3 atom stereocenters. The normalized spacial score (nSPS) is 14.0. The van der Waals surface area contributed by atoms with Crippen LogP contribution in [-0.4, -0.2) is 68.5 Å². The van der Waals surface area contributed by atoms with Gasteiger partial charge in [-0.2, -0.15) is 0 Å². The number of hydrogen-bond acceptors (Lipinski definition) is 6. The molecule has 72 heavy (non-hydrogen) atoms. The number of quaternary nitrogens is 1. The zero-order valence-electron chi connectivity index (χ0n) is 48.6. The smallest absolute Gasteiger partial charge is 0.268 e. The molecule has 0 saturated carbocycles. The summed E-state index contributed by atoms with van der Waals surface area (Å²) in [6.07, 6.45) is 71.1. The molecule has 1 amide bonds. The summed E-state index contributed by atoms with van der Waals surface area (Å²) in [6, 6.07) is -0.908. The number of phosphoric acid groups is 1. The molecule has 0 heterocycles. The largest absolute Gasteiger partial charge is 0.756 e. The van der Waals surface area contributed by atoms with E-state index in [4.69, 9.17) is 9.05 Å². The second-order valence-corrected chi connectivity index (χ2v) is 24.2. The fourth-order valence-corrected chi connectivity index (χ4v) is 10.1. The predicted octanol–water partition coefficient (Wildman–Crippen LogP) is 18.7. The minimum atomic E-state index is -4.61. The number of carbonyl (C=O) groups is 1. The molecule has 0 aromatic rings. The molecule has 0 radical (unpaired) electrons. The van der Waals surface area contributed by atoms with Crippen molar-refractivity contribution >= 4 is 13.7 Å². The number of nitrogens with one attached hydrogen (secondary N) is 1. The van der Waals surface area contributed by atoms with E-state index in [0.717, 1.165) is 44.9 Å². The quantitative estimate of drug-likeness (QED) is 0.0272. The zero-order valence-corrected chi connectivity index (χ0v) is 49.5. The average molecular weight is 1040 g/mol. The van der Waals surface area contributed by atoms with E-state index in [9.17, 15) is 19.4 Å². The van der Waals surface area contributed by atoms with E-state index in [2.05, 4.69) is 43.5 Å². The minimum absolute atomic E-state index is 0.00732. The van der Waals surface area contributed by atoms with E-state index < -0.39 is 26.6 Å². The molecule has 426 valence electrons. The third-order valence-corrected chi connectivity index (χ3v) is 15.3. The Labute approximate surface area is 448 Å². The van der Waals surface area contributed by atoms with E-state index in [1.165, 1.54) is 244 Å². The van der Waals surface area contributed by atoms with Gasteiger partial charge in [0.15, 0.2) is 0 Å². The van der Waals surface area contributed by atoms with Crippen LogP contribution in [-0.2, 0) is 18.4 Å². The Morgan fingerprint density at radius 3 is 1.12 bits per heavy atom. The van der Waals surface area contributed by atoms with Crippen LogP contribution in [0.5, 0.6) is 0 Å². The molecule has 0 fully saturated rings. The number of carbonyl (C=O) groups excluding carboxylic acids is 1. The Morgan fingerprint density at radius 1 is 0.472 bits per heavy atom. The van der Waals surface area contributed by atoms with Crippen LogP contribution in [0, 0.1) is 0 Å². The summed E-state index contributed by atoms with van der Waals surface area (Å²) in [6.45, 7) is 4.66. The third kappa shape index (κ3) is 56.4. The van der Waals surface area contributed by atoms with Gasteiger partial charge in [0.2, 0.25) is 5.91 Å². The topological polar surface area (TPSA) is 108 Å². The number of amides is 1. The lowest BCUT2D eigenvalue weighted by Crippen LogP contribution is -2.45. The number of hydrogen-bond donors (Lipinski definition) is 2. The van der Waals surface area contributed by atoms with Gasteiger partial charge in [-0.25, -0.2) is 0 Å². The van der Waals surface area contributed by atoms with Gasteiger partial charge in [-0.05, 0) is 44.9 Å². The molecule has 0 bridgehead atoms. The molecule has 0 aromatic carbocycles. The summed E-state index contributed by atoms with van der Waals surface area (Å²) in [5.74, 6) is -0.206. The van der Waals surface area contributed by atoms with E-state index in [0.29, 0.717) is 17.4 Å². The highest BCUT2D eigenvalue weighted by Gasteiger charge is 2.23. The lowest BCUT2D eigenvalue weighted by Gasteiger charge is -2.29. The molecule has 0 aliphatic carbocycles. The highest BCUT2D eigenvalue weighted by molar-refractivity contribution is 7.45. The molecule has 9 heteroatoms. The number of allylic oxidation sites excluding steroid dienone is 5. The molecule has 0 spiro atoms. The Bertz CT molecular complexity index is 1270. The lowest BCUT2D eigenvalue weighted by atomic mass is 10.0. The molecule has 0 saturated heterocycles. The van der Waals surface area contributed by atoms with Gasteiger partial charge in [-0.3, -0.25) is 9.36 Å². The highest BCUT2D eigenvalue weighted by atomic mass is 31.2. The molecule has 0 aliphatic rings. The number of likely N-dealkylation sites (N-methyl/N-ethyl adjacent to an activating group) is 1. The monoisotopic (exact) mass is 1030 g/mol. The Hall–Kier alpha value is -1.28. The number of phosphoric ester groups is 1. The molecule has 0 aromatic heterocycles. The van der Waals surface area contributed by atoms with Crippen molar-refractivity contribution in [3.63, 3.8) is 0 Å². The van der Waals surface area contributed by atoms with E-state index in [1.807, 2.05) is 27.2 Å². The van der Waals surface area contributed by atoms with E-state index in [1.54, 1.807) is 6.08 Å². The zero-order chi connectivity index (χ0) is 52.7. The molecule has 2 N–H and O–H groups in total. The number of nitrogens with zero attached hydrogens (tertiary/aromatic N) is 1. The summed E-state index contributed by atoms with van der Waals surface area (Å²) in [5, 5.41) is 13.9. The van der Waals surface area contributed by atoms with Gasteiger partial charge >= 0.3 is 0 Å². The van der Waals surface area contributed by atoms with Gasteiger partial charge in [0.25, 0.3) is 7.82 Å². The minimum Gasteiger partial charge on any atom is -0.756 e. The maximum atomic E-state index is 13.0. The van der Waals surface area contributed by atoms with Crippen molar-refractivity contribution < 1.29 is 32.9 Å². The van der Waals surface area contributed by atoms with Crippen LogP contribution < -0.4 is 10.2 Å². The van der Waals surface area contributed by atoms with Crippen molar-refractivity contribution in [2.45, 2.75) is 321 Å². The first kappa shape index (κ1) is 70.7. The van der Waals surface area contributed by atoms with Crippen molar-refractivity contribution in [2.24, 2.45) is 0 Å². The van der Waals surface area contributed by atoms with E-state index in [-0.39, 0.29) is 12.5 Å². The number of rotatable bonds is 58. The first-order valence-electron chi connectivity index (χ1n) is 31.4. The lowest BCUT2D eigenvalue weighted by molar-refractivity contribution is -0.870. The predicted molar refractivity (Wildman–Crippen MR) is 311 cm³/mol. The SMILES string of the molecule is CCCCCCCCCCCCCCCCCCCCCCCC/C=C/CC/C=C/CC/C=C/C(O)C(COP(=O)([O-])OCC[N+](C)(C)C)NC(=O)CCCCCCCCCCCCCCCCCCCC. The van der Waals surface area contributed by atoms with Crippen LogP contribution in [0.25, 0.3) is 0 Å². The maximum absolute atomic E-state index is 13.0. The highest BCUT2D eigenvalue weighted by Crippen LogP contribution is 2.38. The molecule has 0 rings (SSSR count). The van der Waals surface area contributed by atoms with E-state index >= 15 is 0 Å². The average Bonchev–Trinajstić information content (AvgIpc) is 3.34. The summed E-state index contributed by atoms with van der Waals surface area (Å²) in [7, 11) is 1.25. The Balaban J connectivity index is 4.15. The molecular weight excluding hydrogens is 912 g/mol. The number of aliphatic hydroxyl groups excluding tert-OH is 1. The maximum Gasteiger partial charge on any atom is 0.268 e. The van der Waals surface area contributed by atoms with Crippen LogP contribution in [0.4, 0.5) is 0 Å². The number of aliphatic hydroxyl groups is 1. The van der Waals surface area contributed by atoms with Gasteiger partial charge < -0.3 is 28.8 Å². The van der Waals surface area contributed by atoms with Crippen LogP contribution in [0.15, 0.2) is 36.5 Å². The summed E-state index contributed by atoms with van der Waals surface area (Å²) >= 11 is 0. The molecule has 3 unspecified atom stereocenters. The molecular formula is C63H123N2O6P. The molecule has 0 aliphatic heterocycles. The van der Waals surface area contributed by atoms with Gasteiger partial charge in [0, 0.05) is 6.42 Å². The standard InChI is InChI=1S/C63H123N2O6P/c1-6-8-10-12-14-16-18-20-22-24-26-27-28-29-30-31-32-33-34-35-36-37-38-39-40-42-44-46-48-50-52-54-56-62(66)61(60-71-72(68,69)70-59-58-65(3,4)5)64-63(67)57-55-53-51-49-47-45-43-41-25-23-21-19-17-15-13-11-9-7-2/h39-40,46,48,54,56,61-62,66H,6-38,41-45,47,49-53,55,57-60H2,1-5H3,(H-,64,67,68,69)/b40-39+,48-46+,56-54+. The summed E-state index contributed by atoms with van der Waals surface area (Å²) in [4.78, 5) is 25.5. The Kier molecular flexibility index (Phi) is 53.5. The van der Waals surface area contributed by atoms with Crippen LogP contribution in [0.3, 0.4) is 0 Å². The van der Waals surface area contributed by atoms with Crippen LogP contribution in [0.1, 0.15) is 309 Å². The van der Waals surface area contributed by atoms with Crippen molar-refractivity contribution in [2.75, 3.05) is 40.9 Å². The fourth-order valence-electron chi connectivity index (χ4n) is 9.42. The van der Waals surface area contributed by atoms with Crippen molar-refractivity contribution in [3.8, 4) is 0 Å².